The Morgan fingerprint density at radius 2 is 1.96 bits per heavy atom. The van der Waals surface area contributed by atoms with Gasteiger partial charge in [-0.15, -0.1) is 0 Å². The number of hydrogen-bond donors (Lipinski definition) is 2. The first-order valence-electron chi connectivity index (χ1n) is 9.43. The minimum absolute atomic E-state index is 0.00163. The van der Waals surface area contributed by atoms with Crippen LogP contribution in [-0.2, 0) is 0 Å². The van der Waals surface area contributed by atoms with Crippen LogP contribution in [0.1, 0.15) is 19.3 Å². The van der Waals surface area contributed by atoms with E-state index >= 15 is 0 Å². The van der Waals surface area contributed by atoms with Gasteiger partial charge in [0.25, 0.3) is 0 Å². The molecule has 1 aromatic carbocycles. The zero-order valence-corrected chi connectivity index (χ0v) is 15.5. The molecule has 2 fully saturated rings. The van der Waals surface area contributed by atoms with Crippen LogP contribution in [-0.4, -0.2) is 58.0 Å². The average Bonchev–Trinajstić information content (AvgIpc) is 2.64. The minimum Gasteiger partial charge on any atom is -0.436 e. The van der Waals surface area contributed by atoms with Gasteiger partial charge in [0.15, 0.2) is 11.6 Å². The Bertz CT molecular complexity index is 852. The number of rotatable bonds is 4. The van der Waals surface area contributed by atoms with Crippen molar-refractivity contribution in [2.24, 2.45) is 0 Å². The van der Waals surface area contributed by atoms with E-state index in [0.29, 0.717) is 17.5 Å². The number of piperidine rings is 1. The van der Waals surface area contributed by atoms with Crippen molar-refractivity contribution in [3.8, 4) is 11.6 Å². The van der Waals surface area contributed by atoms with E-state index in [2.05, 4.69) is 20.2 Å². The van der Waals surface area contributed by atoms with Gasteiger partial charge in [-0.25, -0.2) is 19.2 Å². The number of likely N-dealkylation sites (tertiary alicyclic amines) is 2. The fraction of sp³-hybridized carbons (Fsp3) is 0.421. The summed E-state index contributed by atoms with van der Waals surface area (Å²) in [4.78, 5) is 24.8. The van der Waals surface area contributed by atoms with Crippen molar-refractivity contribution in [1.82, 2.24) is 19.8 Å². The van der Waals surface area contributed by atoms with Gasteiger partial charge in [-0.3, -0.25) is 5.32 Å². The first-order valence-corrected chi connectivity index (χ1v) is 9.43. The van der Waals surface area contributed by atoms with Crippen molar-refractivity contribution >= 4 is 17.5 Å². The summed E-state index contributed by atoms with van der Waals surface area (Å²) in [5.41, 5.74) is 5.83. The number of benzene rings is 1. The number of nitrogens with one attached hydrogen (secondary N) is 1. The maximum Gasteiger partial charge on any atom is 0.323 e. The molecular formula is C19H23FN6O2. The number of aromatic nitrogens is 2. The SMILES string of the molecule is Nc1ccc(Oc2cc(NC(=O)N3CCC(N4CCC4)CC3)ncn2)c(F)c1. The van der Waals surface area contributed by atoms with Crippen molar-refractivity contribution in [2.75, 3.05) is 37.2 Å². The summed E-state index contributed by atoms with van der Waals surface area (Å²) >= 11 is 0. The number of amides is 2. The van der Waals surface area contributed by atoms with Crippen LogP contribution < -0.4 is 15.8 Å². The van der Waals surface area contributed by atoms with Crippen LogP contribution in [0.15, 0.2) is 30.6 Å². The average molecular weight is 386 g/mol. The van der Waals surface area contributed by atoms with Crippen molar-refractivity contribution in [3.63, 3.8) is 0 Å². The molecule has 0 bridgehead atoms. The van der Waals surface area contributed by atoms with Crippen LogP contribution in [0.5, 0.6) is 11.6 Å². The van der Waals surface area contributed by atoms with Crippen molar-refractivity contribution in [1.29, 1.82) is 0 Å². The lowest BCUT2D eigenvalue weighted by Gasteiger charge is -2.42. The van der Waals surface area contributed by atoms with E-state index in [1.165, 1.54) is 50.1 Å². The van der Waals surface area contributed by atoms with Crippen molar-refractivity contribution in [3.05, 3.63) is 36.4 Å². The quantitative estimate of drug-likeness (QED) is 0.785. The van der Waals surface area contributed by atoms with Gasteiger partial charge >= 0.3 is 6.03 Å². The summed E-state index contributed by atoms with van der Waals surface area (Å²) in [6, 6.07) is 5.97. The van der Waals surface area contributed by atoms with E-state index in [1.807, 2.05) is 0 Å². The molecule has 0 atom stereocenters. The highest BCUT2D eigenvalue weighted by Crippen LogP contribution is 2.26. The Hall–Kier alpha value is -2.94. The predicted molar refractivity (Wildman–Crippen MR) is 103 cm³/mol. The van der Waals surface area contributed by atoms with Crippen LogP contribution >= 0.6 is 0 Å². The van der Waals surface area contributed by atoms with Crippen molar-refractivity contribution in [2.45, 2.75) is 25.3 Å². The molecule has 148 valence electrons. The highest BCUT2D eigenvalue weighted by molar-refractivity contribution is 5.88. The molecule has 0 saturated carbocycles. The molecule has 8 nitrogen and oxygen atoms in total. The number of carbonyl (C=O) groups is 1. The van der Waals surface area contributed by atoms with E-state index in [1.54, 1.807) is 4.90 Å². The van der Waals surface area contributed by atoms with Crippen LogP contribution in [0.2, 0.25) is 0 Å². The van der Waals surface area contributed by atoms with E-state index < -0.39 is 5.82 Å². The van der Waals surface area contributed by atoms with Gasteiger partial charge in [0, 0.05) is 37.0 Å². The predicted octanol–water partition coefficient (Wildman–Crippen LogP) is 2.69. The number of nitrogen functional groups attached to an aromatic ring is 1. The molecule has 0 aliphatic carbocycles. The number of nitrogens with two attached hydrogens (primary N) is 1. The van der Waals surface area contributed by atoms with E-state index in [4.69, 9.17) is 10.5 Å². The maximum atomic E-state index is 13.9. The smallest absolute Gasteiger partial charge is 0.323 e. The van der Waals surface area contributed by atoms with Gasteiger partial charge in [-0.2, -0.15) is 0 Å². The molecule has 3 N–H and O–H groups in total. The summed E-state index contributed by atoms with van der Waals surface area (Å²) in [5, 5.41) is 2.76. The number of nitrogens with zero attached hydrogens (tertiary/aromatic N) is 4. The monoisotopic (exact) mass is 386 g/mol. The second kappa shape index (κ2) is 7.97. The molecule has 3 heterocycles. The third-order valence-corrected chi connectivity index (χ3v) is 5.21. The Balaban J connectivity index is 1.34. The second-order valence-electron chi connectivity index (χ2n) is 7.07. The van der Waals surface area contributed by atoms with Crippen LogP contribution in [0.4, 0.5) is 20.7 Å². The van der Waals surface area contributed by atoms with Crippen molar-refractivity contribution < 1.29 is 13.9 Å². The number of hydrogen-bond acceptors (Lipinski definition) is 6. The molecule has 2 amide bonds. The number of ether oxygens (including phenoxy) is 1. The molecule has 0 unspecified atom stereocenters. The number of carbonyl (C=O) groups excluding carboxylic acids is 1. The van der Waals surface area contributed by atoms with E-state index in [0.717, 1.165) is 25.9 Å². The molecule has 4 rings (SSSR count). The summed E-state index contributed by atoms with van der Waals surface area (Å²) < 4.78 is 19.3. The lowest BCUT2D eigenvalue weighted by Crippen LogP contribution is -2.51. The topological polar surface area (TPSA) is 96.6 Å². The van der Waals surface area contributed by atoms with Gasteiger partial charge in [-0.05, 0) is 44.5 Å². The highest BCUT2D eigenvalue weighted by Gasteiger charge is 2.29. The lowest BCUT2D eigenvalue weighted by atomic mass is 10.00. The van der Waals surface area contributed by atoms with E-state index in [-0.39, 0.29) is 17.7 Å². The van der Waals surface area contributed by atoms with Gasteiger partial charge in [0.05, 0.1) is 0 Å². The zero-order chi connectivity index (χ0) is 19.5. The molecule has 2 saturated heterocycles. The molecule has 2 aliphatic heterocycles. The van der Waals surface area contributed by atoms with E-state index in [9.17, 15) is 9.18 Å². The van der Waals surface area contributed by atoms with Gasteiger partial charge < -0.3 is 20.3 Å². The second-order valence-corrected chi connectivity index (χ2v) is 7.07. The van der Waals surface area contributed by atoms with Crippen LogP contribution in [0, 0.1) is 5.82 Å². The number of anilines is 2. The summed E-state index contributed by atoms with van der Waals surface area (Å²) in [7, 11) is 0. The first-order chi connectivity index (χ1) is 13.6. The Kier molecular flexibility index (Phi) is 5.25. The van der Waals surface area contributed by atoms with Gasteiger partial charge in [0.2, 0.25) is 5.88 Å². The van der Waals surface area contributed by atoms with Gasteiger partial charge in [0.1, 0.15) is 12.1 Å². The lowest BCUT2D eigenvalue weighted by molar-refractivity contribution is 0.0734. The molecule has 0 radical (unpaired) electrons. The largest absolute Gasteiger partial charge is 0.436 e. The molecular weight excluding hydrogens is 363 g/mol. The molecule has 28 heavy (non-hydrogen) atoms. The maximum absolute atomic E-state index is 13.9. The molecule has 1 aromatic heterocycles. The van der Waals surface area contributed by atoms with Gasteiger partial charge in [-0.1, -0.05) is 0 Å². The third-order valence-electron chi connectivity index (χ3n) is 5.21. The zero-order valence-electron chi connectivity index (χ0n) is 15.5. The Morgan fingerprint density at radius 1 is 1.18 bits per heavy atom. The summed E-state index contributed by atoms with van der Waals surface area (Å²) in [6.45, 7) is 3.79. The van der Waals surface area contributed by atoms with Crippen LogP contribution in [0.3, 0.4) is 0 Å². The van der Waals surface area contributed by atoms with Crippen LogP contribution in [0.25, 0.3) is 0 Å². The molecule has 2 aliphatic rings. The fourth-order valence-corrected chi connectivity index (χ4v) is 3.50. The standard InChI is InChI=1S/C19H23FN6O2/c20-15-10-13(21)2-3-16(15)28-18-11-17(22-12-23-18)24-19(27)26-8-4-14(5-9-26)25-6-1-7-25/h2-3,10-12,14H,1,4-9,21H2,(H,22,23,24,27). The summed E-state index contributed by atoms with van der Waals surface area (Å²) in [5.74, 6) is -0.159. The third kappa shape index (κ3) is 4.14. The highest BCUT2D eigenvalue weighted by atomic mass is 19.1. The molecule has 0 spiro atoms. The summed E-state index contributed by atoms with van der Waals surface area (Å²) in [6.07, 6.45) is 4.51. The molecule has 9 heteroatoms. The first kappa shape index (κ1) is 18.4. The molecule has 2 aromatic rings. The normalized spacial score (nSPS) is 17.8. The minimum atomic E-state index is -0.589. The number of halogens is 1. The Labute approximate surface area is 162 Å². The Morgan fingerprint density at radius 3 is 2.64 bits per heavy atom. The number of urea groups is 1. The fourth-order valence-electron chi connectivity index (χ4n) is 3.50.